The zero-order valence-electron chi connectivity index (χ0n) is 40.7. The SMILES string of the molecule is CCCCCCC=CCC(=O)NC(CO)C(=O)NC(C(=O)NC(CO)C(O)CC(=O)NC(C(=O)NC1C=CC(=O)NC(C(C)C)C(=O)N(C)C(Cc2ccc(O)cc2)C(=O)OC1)C(C)C)C(C)C. The van der Waals surface area contributed by atoms with Crippen molar-refractivity contribution in [3.8, 4) is 5.75 Å². The summed E-state index contributed by atoms with van der Waals surface area (Å²) >= 11 is 0. The Hall–Kier alpha value is -5.86. The van der Waals surface area contributed by atoms with Gasteiger partial charge in [0.15, 0.2) is 0 Å². The van der Waals surface area contributed by atoms with E-state index in [9.17, 15) is 58.8 Å². The second kappa shape index (κ2) is 29.8. The van der Waals surface area contributed by atoms with Crippen molar-refractivity contribution in [2.24, 2.45) is 17.8 Å². The van der Waals surface area contributed by atoms with Gasteiger partial charge in [0.2, 0.25) is 41.4 Å². The third kappa shape index (κ3) is 19.8. The Morgan fingerprint density at radius 1 is 0.824 bits per heavy atom. The molecule has 1 aliphatic rings. The molecule has 0 spiro atoms. The number of aromatic hydroxyl groups is 1. The number of phenolic OH excluding ortho intramolecular Hbond substituents is 1. The standard InChI is InChI=1S/C48H75N7O13/c1-9-10-11-12-13-14-15-16-38(60)50-35(26-57)44(63)54-42(29(4)5)46(65)51-34(25-56)37(59)24-40(62)53-41(28(2)3)45(64)49-32-19-22-39(61)52-43(30(6)7)47(66)55(8)36(48(67)68-27-32)23-31-17-20-33(58)21-18-31/h14-15,17-22,28-30,32,34-37,41-43,56-59H,9-13,16,23-27H2,1-8H3,(H,49,64)(H,50,60)(H,51,65)(H,52,61)(H,53,62)(H,54,63). The first kappa shape index (κ1) is 58.3. The zero-order chi connectivity index (χ0) is 51.1. The Kier molecular flexibility index (Phi) is 25.5. The van der Waals surface area contributed by atoms with Crippen molar-refractivity contribution in [3.05, 3.63) is 54.1 Å². The highest BCUT2D eigenvalue weighted by molar-refractivity contribution is 5.95. The topological polar surface area (TPSA) is 302 Å². The van der Waals surface area contributed by atoms with Gasteiger partial charge in [0, 0.05) is 26.0 Å². The van der Waals surface area contributed by atoms with Crippen LogP contribution >= 0.6 is 0 Å². The molecule has 0 fully saturated rings. The first-order chi connectivity index (χ1) is 32.1. The van der Waals surface area contributed by atoms with Gasteiger partial charge in [-0.3, -0.25) is 33.6 Å². The number of phenols is 1. The predicted molar refractivity (Wildman–Crippen MR) is 252 cm³/mol. The van der Waals surface area contributed by atoms with Crippen LogP contribution in [0.4, 0.5) is 0 Å². The summed E-state index contributed by atoms with van der Waals surface area (Å²) in [6.07, 6.45) is 8.67. The maximum absolute atomic E-state index is 13.8. The summed E-state index contributed by atoms with van der Waals surface area (Å²) < 4.78 is 5.63. The molecule has 10 N–H and O–H groups in total. The second-order valence-corrected chi connectivity index (χ2v) is 18.1. The van der Waals surface area contributed by atoms with Crippen LogP contribution in [0.15, 0.2) is 48.6 Å². The first-order valence-corrected chi connectivity index (χ1v) is 23.4. The number of aliphatic hydroxyl groups is 3. The van der Waals surface area contributed by atoms with Crippen LogP contribution in [0.1, 0.15) is 99.0 Å². The van der Waals surface area contributed by atoms with Crippen LogP contribution in [-0.2, 0) is 49.5 Å². The van der Waals surface area contributed by atoms with E-state index < -0.39 is 134 Å². The molecule has 0 aliphatic carbocycles. The van der Waals surface area contributed by atoms with Crippen LogP contribution in [0, 0.1) is 17.8 Å². The van der Waals surface area contributed by atoms with Gasteiger partial charge in [-0.25, -0.2) is 4.79 Å². The summed E-state index contributed by atoms with van der Waals surface area (Å²) in [7, 11) is 1.42. The van der Waals surface area contributed by atoms with Gasteiger partial charge in [0.25, 0.3) is 0 Å². The van der Waals surface area contributed by atoms with Crippen LogP contribution in [0.2, 0.25) is 0 Å². The highest BCUT2D eigenvalue weighted by Gasteiger charge is 2.37. The third-order valence-electron chi connectivity index (χ3n) is 11.3. The highest BCUT2D eigenvalue weighted by atomic mass is 16.5. The Balaban J connectivity index is 2.14. The number of rotatable bonds is 25. The molecule has 2 rings (SSSR count). The molecule has 1 heterocycles. The molecule has 0 radical (unpaired) electrons. The Morgan fingerprint density at radius 3 is 2.06 bits per heavy atom. The highest BCUT2D eigenvalue weighted by Crippen LogP contribution is 2.18. The minimum Gasteiger partial charge on any atom is -0.508 e. The number of amides is 7. The average Bonchev–Trinajstić information content (AvgIpc) is 3.28. The molecular weight excluding hydrogens is 883 g/mol. The number of ether oxygens (including phenoxy) is 1. The molecule has 1 aliphatic heterocycles. The van der Waals surface area contributed by atoms with Crippen LogP contribution in [-0.4, -0.2) is 148 Å². The fourth-order valence-corrected chi connectivity index (χ4v) is 7.08. The van der Waals surface area contributed by atoms with Gasteiger partial charge >= 0.3 is 5.97 Å². The lowest BCUT2D eigenvalue weighted by molar-refractivity contribution is -0.156. The molecule has 20 nitrogen and oxygen atoms in total. The molecule has 8 atom stereocenters. The minimum absolute atomic E-state index is 0.000292. The molecule has 20 heteroatoms. The monoisotopic (exact) mass is 958 g/mol. The van der Waals surface area contributed by atoms with Crippen LogP contribution in [0.3, 0.4) is 0 Å². The molecule has 1 aromatic rings. The van der Waals surface area contributed by atoms with Crippen molar-refractivity contribution in [2.45, 2.75) is 148 Å². The number of nitrogens with zero attached hydrogens (tertiary/aromatic N) is 1. The number of carbonyl (C=O) groups is 8. The van der Waals surface area contributed by atoms with Crippen LogP contribution in [0.25, 0.3) is 0 Å². The number of hydrogen-bond donors (Lipinski definition) is 10. The largest absolute Gasteiger partial charge is 0.508 e. The van der Waals surface area contributed by atoms with Crippen molar-refractivity contribution in [2.75, 3.05) is 26.9 Å². The van der Waals surface area contributed by atoms with Crippen molar-refractivity contribution in [1.82, 2.24) is 36.8 Å². The quantitative estimate of drug-likeness (QED) is 0.0361. The fraction of sp³-hybridized carbons (Fsp3) is 0.625. The van der Waals surface area contributed by atoms with E-state index in [0.717, 1.165) is 38.2 Å². The van der Waals surface area contributed by atoms with E-state index in [1.165, 1.54) is 30.2 Å². The summed E-state index contributed by atoms with van der Waals surface area (Å²) in [6.45, 7) is 10.0. The van der Waals surface area contributed by atoms with Gasteiger partial charge in [-0.05, 0) is 48.3 Å². The number of esters is 1. The molecule has 7 amide bonds. The van der Waals surface area contributed by atoms with E-state index in [2.05, 4.69) is 38.8 Å². The lowest BCUT2D eigenvalue weighted by Gasteiger charge is -2.32. The normalized spacial score (nSPS) is 19.2. The number of allylic oxidation sites excluding steroid dienone is 1. The smallest absolute Gasteiger partial charge is 0.329 e. The van der Waals surface area contributed by atoms with Gasteiger partial charge in [-0.2, -0.15) is 0 Å². The van der Waals surface area contributed by atoms with Gasteiger partial charge < -0.3 is 62.0 Å². The number of carbonyl (C=O) groups excluding carboxylic acids is 8. The third-order valence-corrected chi connectivity index (χ3v) is 11.3. The van der Waals surface area contributed by atoms with Crippen molar-refractivity contribution in [3.63, 3.8) is 0 Å². The van der Waals surface area contributed by atoms with E-state index in [1.54, 1.807) is 59.8 Å². The van der Waals surface area contributed by atoms with E-state index in [-0.39, 0.29) is 24.5 Å². The number of cyclic esters (lactones) is 1. The molecule has 380 valence electrons. The number of aliphatic hydroxyl groups excluding tert-OH is 3. The van der Waals surface area contributed by atoms with Gasteiger partial charge in [-0.1, -0.05) is 98.1 Å². The van der Waals surface area contributed by atoms with Crippen molar-refractivity contribution < 1.29 is 63.5 Å². The number of likely N-dealkylation sites (N-methyl/N-ethyl adjacent to an activating group) is 1. The Bertz CT molecular complexity index is 1890. The summed E-state index contributed by atoms with van der Waals surface area (Å²) in [5.74, 6) is -7.25. The summed E-state index contributed by atoms with van der Waals surface area (Å²) in [6, 6.07) is -2.52. The van der Waals surface area contributed by atoms with E-state index in [4.69, 9.17) is 4.74 Å². The number of unbranched alkanes of at least 4 members (excludes halogenated alkanes) is 4. The predicted octanol–water partition coefficient (Wildman–Crippen LogP) is 0.404. The maximum Gasteiger partial charge on any atom is 0.329 e. The molecule has 0 aromatic heterocycles. The molecular formula is C48H75N7O13. The van der Waals surface area contributed by atoms with Crippen molar-refractivity contribution in [1.29, 1.82) is 0 Å². The molecule has 1 aromatic carbocycles. The second-order valence-electron chi connectivity index (χ2n) is 18.1. The molecule has 0 bridgehead atoms. The molecule has 0 saturated heterocycles. The summed E-state index contributed by atoms with van der Waals surface area (Å²) in [5.41, 5.74) is 0.602. The number of hydrogen-bond acceptors (Lipinski definition) is 13. The van der Waals surface area contributed by atoms with E-state index in [0.29, 0.717) is 5.56 Å². The lowest BCUT2D eigenvalue weighted by Crippen LogP contribution is -2.59. The van der Waals surface area contributed by atoms with Gasteiger partial charge in [0.05, 0.1) is 37.8 Å². The Labute approximate surface area is 399 Å². The first-order valence-electron chi connectivity index (χ1n) is 23.4. The van der Waals surface area contributed by atoms with Crippen LogP contribution in [0.5, 0.6) is 5.75 Å². The van der Waals surface area contributed by atoms with Crippen molar-refractivity contribution >= 4 is 47.3 Å². The minimum atomic E-state index is -1.69. The summed E-state index contributed by atoms with van der Waals surface area (Å²) in [4.78, 5) is 108. The zero-order valence-corrected chi connectivity index (χ0v) is 40.7. The maximum atomic E-state index is 13.8. The number of benzene rings is 1. The van der Waals surface area contributed by atoms with Gasteiger partial charge in [-0.15, -0.1) is 0 Å². The molecule has 8 unspecified atom stereocenters. The summed E-state index contributed by atoms with van der Waals surface area (Å²) in [5, 5.41) is 56.1. The average molecular weight is 958 g/mol. The lowest BCUT2D eigenvalue weighted by atomic mass is 9.99. The molecule has 68 heavy (non-hydrogen) atoms. The van der Waals surface area contributed by atoms with E-state index >= 15 is 0 Å². The van der Waals surface area contributed by atoms with Crippen LogP contribution < -0.4 is 31.9 Å². The Morgan fingerprint density at radius 2 is 1.47 bits per heavy atom. The number of nitrogens with one attached hydrogen (secondary N) is 6. The van der Waals surface area contributed by atoms with Gasteiger partial charge in [0.1, 0.15) is 42.6 Å². The molecule has 0 saturated carbocycles. The fourth-order valence-electron chi connectivity index (χ4n) is 7.08. The van der Waals surface area contributed by atoms with E-state index in [1.807, 2.05) is 6.08 Å².